The minimum atomic E-state index is -0.194. The van der Waals surface area contributed by atoms with Crippen LogP contribution in [0.3, 0.4) is 0 Å². The summed E-state index contributed by atoms with van der Waals surface area (Å²) in [5.74, 6) is 0.523. The van der Waals surface area contributed by atoms with E-state index in [1.54, 1.807) is 13.1 Å². The number of nitrogens with one attached hydrogen (secondary N) is 1. The van der Waals surface area contributed by atoms with Crippen LogP contribution in [0.1, 0.15) is 24.6 Å². The lowest BCUT2D eigenvalue weighted by Crippen LogP contribution is -2.19. The standard InChI is InChI=1S/C13H18N4O2/c1-3-7-17-11(4-6-14-17)12-15-9(2)10(5-8-18)13(19)16-12/h4,6,18H,3,5,7-8H2,1-2H3,(H,15,16,19). The van der Waals surface area contributed by atoms with Crippen molar-refractivity contribution in [2.24, 2.45) is 0 Å². The molecule has 0 bridgehead atoms. The first-order valence-electron chi connectivity index (χ1n) is 6.40. The predicted molar refractivity (Wildman–Crippen MR) is 71.9 cm³/mol. The van der Waals surface area contributed by atoms with Crippen molar-refractivity contribution in [1.82, 2.24) is 19.7 Å². The lowest BCUT2D eigenvalue weighted by molar-refractivity contribution is 0.298. The number of nitrogens with zero attached hydrogens (tertiary/aromatic N) is 3. The molecule has 0 saturated carbocycles. The summed E-state index contributed by atoms with van der Waals surface area (Å²) >= 11 is 0. The summed E-state index contributed by atoms with van der Waals surface area (Å²) in [7, 11) is 0. The normalized spacial score (nSPS) is 10.9. The Bertz CT molecular complexity index is 615. The molecule has 0 unspecified atom stereocenters. The van der Waals surface area contributed by atoms with Crippen LogP contribution in [-0.4, -0.2) is 31.5 Å². The van der Waals surface area contributed by atoms with Gasteiger partial charge in [-0.1, -0.05) is 6.92 Å². The quantitative estimate of drug-likeness (QED) is 0.838. The Balaban J connectivity index is 2.46. The van der Waals surface area contributed by atoms with Gasteiger partial charge in [-0.15, -0.1) is 0 Å². The van der Waals surface area contributed by atoms with E-state index < -0.39 is 0 Å². The Morgan fingerprint density at radius 1 is 1.47 bits per heavy atom. The van der Waals surface area contributed by atoms with E-state index in [0.29, 0.717) is 23.5 Å². The van der Waals surface area contributed by atoms with Crippen LogP contribution in [0.2, 0.25) is 0 Å². The number of hydrogen-bond donors (Lipinski definition) is 2. The largest absolute Gasteiger partial charge is 0.396 e. The number of aliphatic hydroxyl groups is 1. The Kier molecular flexibility index (Phi) is 4.11. The summed E-state index contributed by atoms with van der Waals surface area (Å²) in [6.45, 7) is 4.57. The van der Waals surface area contributed by atoms with Crippen LogP contribution < -0.4 is 5.56 Å². The van der Waals surface area contributed by atoms with Gasteiger partial charge in [0.2, 0.25) is 0 Å². The predicted octanol–water partition coefficient (Wildman–Crippen LogP) is 0.887. The minimum Gasteiger partial charge on any atom is -0.396 e. The highest BCUT2D eigenvalue weighted by Crippen LogP contribution is 2.14. The summed E-state index contributed by atoms with van der Waals surface area (Å²) in [6, 6.07) is 1.83. The van der Waals surface area contributed by atoms with Crippen LogP contribution in [0.5, 0.6) is 0 Å². The van der Waals surface area contributed by atoms with Gasteiger partial charge in [-0.3, -0.25) is 9.48 Å². The fourth-order valence-corrected chi connectivity index (χ4v) is 2.06. The van der Waals surface area contributed by atoms with Crippen molar-refractivity contribution in [1.29, 1.82) is 0 Å². The zero-order valence-electron chi connectivity index (χ0n) is 11.2. The molecule has 102 valence electrons. The molecule has 0 spiro atoms. The van der Waals surface area contributed by atoms with Gasteiger partial charge in [0.25, 0.3) is 5.56 Å². The van der Waals surface area contributed by atoms with E-state index in [9.17, 15) is 4.79 Å². The van der Waals surface area contributed by atoms with Crippen molar-refractivity contribution in [3.8, 4) is 11.5 Å². The molecule has 2 rings (SSSR count). The van der Waals surface area contributed by atoms with Crippen molar-refractivity contribution in [3.63, 3.8) is 0 Å². The van der Waals surface area contributed by atoms with Crippen LogP contribution in [0, 0.1) is 6.92 Å². The van der Waals surface area contributed by atoms with Crippen molar-refractivity contribution >= 4 is 0 Å². The summed E-state index contributed by atoms with van der Waals surface area (Å²) in [5, 5.41) is 13.2. The third-order valence-electron chi connectivity index (χ3n) is 2.98. The molecule has 0 amide bonds. The molecule has 0 aromatic carbocycles. The molecule has 0 atom stereocenters. The topological polar surface area (TPSA) is 83.8 Å². The molecule has 0 aliphatic carbocycles. The maximum atomic E-state index is 12.0. The molecular weight excluding hydrogens is 244 g/mol. The number of hydrogen-bond acceptors (Lipinski definition) is 4. The second-order valence-corrected chi connectivity index (χ2v) is 4.39. The van der Waals surface area contributed by atoms with Crippen LogP contribution in [-0.2, 0) is 13.0 Å². The first kappa shape index (κ1) is 13.5. The van der Waals surface area contributed by atoms with Gasteiger partial charge >= 0.3 is 0 Å². The van der Waals surface area contributed by atoms with Crippen molar-refractivity contribution in [2.75, 3.05) is 6.61 Å². The zero-order valence-corrected chi connectivity index (χ0v) is 11.2. The summed E-state index contributed by atoms with van der Waals surface area (Å²) in [4.78, 5) is 19.2. The van der Waals surface area contributed by atoms with E-state index in [0.717, 1.165) is 18.7 Å². The Hall–Kier alpha value is -1.95. The zero-order chi connectivity index (χ0) is 13.8. The van der Waals surface area contributed by atoms with Crippen LogP contribution >= 0.6 is 0 Å². The fraction of sp³-hybridized carbons (Fsp3) is 0.462. The van der Waals surface area contributed by atoms with Gasteiger partial charge in [-0.2, -0.15) is 5.10 Å². The summed E-state index contributed by atoms with van der Waals surface area (Å²) < 4.78 is 1.82. The van der Waals surface area contributed by atoms with E-state index in [1.165, 1.54) is 0 Å². The molecule has 0 saturated heterocycles. The molecule has 6 heteroatoms. The second-order valence-electron chi connectivity index (χ2n) is 4.39. The molecule has 19 heavy (non-hydrogen) atoms. The number of aromatic nitrogens is 4. The van der Waals surface area contributed by atoms with Gasteiger partial charge in [0.15, 0.2) is 5.82 Å². The maximum Gasteiger partial charge on any atom is 0.254 e. The summed E-state index contributed by atoms with van der Waals surface area (Å²) in [6.07, 6.45) is 2.98. The molecule has 2 N–H and O–H groups in total. The number of aromatic amines is 1. The van der Waals surface area contributed by atoms with Crippen LogP contribution in [0.25, 0.3) is 11.5 Å². The van der Waals surface area contributed by atoms with E-state index >= 15 is 0 Å². The van der Waals surface area contributed by atoms with E-state index in [1.807, 2.05) is 10.7 Å². The lowest BCUT2D eigenvalue weighted by Gasteiger charge is -2.08. The van der Waals surface area contributed by atoms with Gasteiger partial charge < -0.3 is 10.1 Å². The number of aryl methyl sites for hydroxylation is 2. The molecule has 2 heterocycles. The van der Waals surface area contributed by atoms with Crippen molar-refractivity contribution in [3.05, 3.63) is 33.9 Å². The lowest BCUT2D eigenvalue weighted by atomic mass is 10.2. The van der Waals surface area contributed by atoms with Gasteiger partial charge in [-0.25, -0.2) is 4.98 Å². The highest BCUT2D eigenvalue weighted by Gasteiger charge is 2.12. The van der Waals surface area contributed by atoms with Crippen LogP contribution in [0.15, 0.2) is 17.1 Å². The molecule has 0 fully saturated rings. The first-order valence-corrected chi connectivity index (χ1v) is 6.40. The average Bonchev–Trinajstić information content (AvgIpc) is 2.82. The number of aliphatic hydroxyl groups excluding tert-OH is 1. The number of rotatable bonds is 5. The molecule has 2 aromatic heterocycles. The fourth-order valence-electron chi connectivity index (χ4n) is 2.06. The van der Waals surface area contributed by atoms with E-state index in [2.05, 4.69) is 22.0 Å². The van der Waals surface area contributed by atoms with Crippen LogP contribution in [0.4, 0.5) is 0 Å². The highest BCUT2D eigenvalue weighted by molar-refractivity contribution is 5.49. The molecule has 0 aliphatic rings. The van der Waals surface area contributed by atoms with E-state index in [-0.39, 0.29) is 12.2 Å². The molecule has 2 aromatic rings. The van der Waals surface area contributed by atoms with Gasteiger partial charge in [0.1, 0.15) is 5.69 Å². The molecule has 6 nitrogen and oxygen atoms in total. The van der Waals surface area contributed by atoms with E-state index in [4.69, 9.17) is 5.11 Å². The van der Waals surface area contributed by atoms with Crippen molar-refractivity contribution < 1.29 is 5.11 Å². The monoisotopic (exact) mass is 262 g/mol. The summed E-state index contributed by atoms with van der Waals surface area (Å²) in [5.41, 5.74) is 1.79. The van der Waals surface area contributed by atoms with Gasteiger partial charge in [0, 0.05) is 37.0 Å². The molecule has 0 aliphatic heterocycles. The minimum absolute atomic E-state index is 0.0568. The smallest absolute Gasteiger partial charge is 0.254 e. The van der Waals surface area contributed by atoms with Gasteiger partial charge in [-0.05, 0) is 19.4 Å². The first-order chi connectivity index (χ1) is 9.17. The third kappa shape index (κ3) is 2.73. The van der Waals surface area contributed by atoms with Crippen molar-refractivity contribution in [2.45, 2.75) is 33.2 Å². The SMILES string of the molecule is CCCn1nccc1-c1nc(C)c(CCO)c(=O)[nH]1. The van der Waals surface area contributed by atoms with Gasteiger partial charge in [0.05, 0.1) is 0 Å². The number of H-pyrrole nitrogens is 1. The second kappa shape index (κ2) is 5.79. The average molecular weight is 262 g/mol. The highest BCUT2D eigenvalue weighted by atomic mass is 16.3. The maximum absolute atomic E-state index is 12.0. The Labute approximate surface area is 111 Å². The third-order valence-corrected chi connectivity index (χ3v) is 2.98. The molecular formula is C13H18N4O2. The molecule has 0 radical (unpaired) electrons. The Morgan fingerprint density at radius 3 is 2.89 bits per heavy atom. The Morgan fingerprint density at radius 2 is 2.26 bits per heavy atom.